The Morgan fingerprint density at radius 3 is 2.90 bits per heavy atom. The predicted octanol–water partition coefficient (Wildman–Crippen LogP) is 5.79. The average molecular weight is 426 g/mol. The minimum Gasteiger partial charge on any atom is -0.451 e. The number of anilines is 1. The van der Waals surface area contributed by atoms with Gasteiger partial charge < -0.3 is 4.42 Å². The third-order valence-corrected chi connectivity index (χ3v) is 6.07. The third-order valence-electron chi connectivity index (χ3n) is 4.14. The first-order chi connectivity index (χ1) is 14.1. The molecule has 0 saturated heterocycles. The third kappa shape index (κ3) is 4.55. The number of nitrogens with zero attached hydrogens (tertiary/aromatic N) is 2. The second-order valence-electron chi connectivity index (χ2n) is 6.15. The van der Waals surface area contributed by atoms with Gasteiger partial charge in [-0.3, -0.25) is 10.1 Å². The number of aryl methyl sites for hydroxylation is 1. The van der Waals surface area contributed by atoms with Gasteiger partial charge in [0.05, 0.1) is 0 Å². The fourth-order valence-electron chi connectivity index (χ4n) is 2.75. The van der Waals surface area contributed by atoms with Gasteiger partial charge in [0, 0.05) is 16.7 Å². The molecule has 0 aliphatic rings. The largest absolute Gasteiger partial charge is 0.451 e. The van der Waals surface area contributed by atoms with Gasteiger partial charge in [0.1, 0.15) is 11.4 Å². The van der Waals surface area contributed by atoms with Crippen LogP contribution in [0.25, 0.3) is 17.0 Å². The normalized spacial score (nSPS) is 11.4. The zero-order chi connectivity index (χ0) is 20.2. The van der Waals surface area contributed by atoms with Crippen molar-refractivity contribution in [3.8, 4) is 0 Å². The quantitative estimate of drug-likeness (QED) is 0.313. The summed E-state index contributed by atoms with van der Waals surface area (Å²) >= 11 is 2.82. The lowest BCUT2D eigenvalue weighted by Gasteiger charge is -1.98. The van der Waals surface area contributed by atoms with Gasteiger partial charge in [0.15, 0.2) is 10.1 Å². The summed E-state index contributed by atoms with van der Waals surface area (Å²) in [6, 6.07) is 14.2. The zero-order valence-electron chi connectivity index (χ0n) is 15.4. The van der Waals surface area contributed by atoms with Gasteiger partial charge >= 0.3 is 0 Å². The van der Waals surface area contributed by atoms with Crippen molar-refractivity contribution >= 4 is 51.2 Å². The van der Waals surface area contributed by atoms with Gasteiger partial charge in [0.2, 0.25) is 5.13 Å². The maximum absolute atomic E-state index is 13.4. The number of carbonyl (C=O) groups is 1. The van der Waals surface area contributed by atoms with Crippen LogP contribution in [0.5, 0.6) is 0 Å². The molecular weight excluding hydrogens is 409 g/mol. The molecule has 29 heavy (non-hydrogen) atoms. The number of hydrogen-bond donors (Lipinski definition) is 1. The van der Waals surface area contributed by atoms with Crippen molar-refractivity contribution in [2.24, 2.45) is 0 Å². The molecule has 0 aliphatic heterocycles. The van der Waals surface area contributed by atoms with Crippen LogP contribution in [0.1, 0.15) is 21.7 Å². The van der Waals surface area contributed by atoms with E-state index in [0.717, 1.165) is 15.7 Å². The van der Waals surface area contributed by atoms with E-state index in [2.05, 4.69) is 21.6 Å². The van der Waals surface area contributed by atoms with Crippen LogP contribution < -0.4 is 5.32 Å². The summed E-state index contributed by atoms with van der Waals surface area (Å²) in [5.74, 6) is 0.0724. The van der Waals surface area contributed by atoms with E-state index in [4.69, 9.17) is 4.42 Å². The summed E-state index contributed by atoms with van der Waals surface area (Å²) in [7, 11) is 0. The molecule has 2 aromatic carbocycles. The van der Waals surface area contributed by atoms with E-state index >= 15 is 0 Å². The Morgan fingerprint density at radius 1 is 1.24 bits per heavy atom. The highest BCUT2D eigenvalue weighted by atomic mass is 32.2. The number of furan rings is 1. The van der Waals surface area contributed by atoms with Crippen molar-refractivity contribution < 1.29 is 13.6 Å². The molecule has 0 aliphatic carbocycles. The minimum atomic E-state index is -0.434. The molecule has 5 nitrogen and oxygen atoms in total. The van der Waals surface area contributed by atoms with Crippen molar-refractivity contribution in [3.05, 3.63) is 77.3 Å². The number of carbonyl (C=O) groups excluding carboxylic acids is 1. The van der Waals surface area contributed by atoms with Crippen LogP contribution in [0.4, 0.5) is 9.52 Å². The summed E-state index contributed by atoms with van der Waals surface area (Å²) in [5.41, 5.74) is 2.19. The lowest BCUT2D eigenvalue weighted by atomic mass is 10.1. The fraction of sp³-hybridized carbons (Fsp3) is 0.0952. The number of nitrogens with one attached hydrogen (secondary N) is 1. The standard InChI is InChI=1S/C21H16FN3O2S2/c1-13-16-12-15(22)9-10-17(16)27-18(13)19(26)23-20-24-25-21(29-20)28-11-5-8-14-6-3-2-4-7-14/h2-10,12H,11H2,1H3,(H,23,24,26)/b8-5+. The van der Waals surface area contributed by atoms with Crippen molar-refractivity contribution in [2.45, 2.75) is 11.3 Å². The molecule has 0 atom stereocenters. The van der Waals surface area contributed by atoms with Crippen molar-refractivity contribution in [1.82, 2.24) is 10.2 Å². The predicted molar refractivity (Wildman–Crippen MR) is 115 cm³/mol. The molecular formula is C21H16FN3O2S2. The number of aromatic nitrogens is 2. The summed E-state index contributed by atoms with van der Waals surface area (Å²) in [5, 5.41) is 11.8. The van der Waals surface area contributed by atoms with E-state index in [1.165, 1.54) is 41.3 Å². The van der Waals surface area contributed by atoms with Gasteiger partial charge in [-0.05, 0) is 30.7 Å². The summed E-state index contributed by atoms with van der Waals surface area (Å²) in [4.78, 5) is 12.5. The number of benzene rings is 2. The van der Waals surface area contributed by atoms with Crippen LogP contribution in [-0.4, -0.2) is 21.9 Å². The van der Waals surface area contributed by atoms with Crippen LogP contribution >= 0.6 is 23.1 Å². The number of thioether (sulfide) groups is 1. The summed E-state index contributed by atoms with van der Waals surface area (Å²) < 4.78 is 19.8. The molecule has 2 aromatic heterocycles. The molecule has 0 radical (unpaired) electrons. The highest BCUT2D eigenvalue weighted by molar-refractivity contribution is 8.01. The van der Waals surface area contributed by atoms with E-state index < -0.39 is 5.91 Å². The van der Waals surface area contributed by atoms with Crippen LogP contribution in [0.15, 0.2) is 63.4 Å². The highest BCUT2D eigenvalue weighted by Crippen LogP contribution is 2.29. The molecule has 4 rings (SSSR count). The summed E-state index contributed by atoms with van der Waals surface area (Å²) in [6.07, 6.45) is 4.10. The molecule has 1 N–H and O–H groups in total. The molecule has 2 heterocycles. The minimum absolute atomic E-state index is 0.140. The number of hydrogen-bond acceptors (Lipinski definition) is 6. The van der Waals surface area contributed by atoms with Crippen LogP contribution in [0.2, 0.25) is 0 Å². The van der Waals surface area contributed by atoms with E-state index in [1.54, 1.807) is 6.92 Å². The smallest absolute Gasteiger partial charge is 0.293 e. The molecule has 1 amide bonds. The Balaban J connectivity index is 1.38. The maximum Gasteiger partial charge on any atom is 0.293 e. The van der Waals surface area contributed by atoms with Gasteiger partial charge in [-0.25, -0.2) is 4.39 Å². The number of amides is 1. The molecule has 0 fully saturated rings. The molecule has 146 valence electrons. The molecule has 8 heteroatoms. The van der Waals surface area contributed by atoms with Crippen LogP contribution in [0, 0.1) is 12.7 Å². The second kappa shape index (κ2) is 8.59. The highest BCUT2D eigenvalue weighted by Gasteiger charge is 2.19. The van der Waals surface area contributed by atoms with E-state index in [1.807, 2.05) is 36.4 Å². The average Bonchev–Trinajstić information content (AvgIpc) is 3.30. The van der Waals surface area contributed by atoms with E-state index in [-0.39, 0.29) is 11.6 Å². The van der Waals surface area contributed by atoms with Crippen LogP contribution in [-0.2, 0) is 0 Å². The Morgan fingerprint density at radius 2 is 2.07 bits per heavy atom. The van der Waals surface area contributed by atoms with Gasteiger partial charge in [-0.1, -0.05) is 65.6 Å². The Labute approximate surface area is 174 Å². The lowest BCUT2D eigenvalue weighted by molar-refractivity contribution is 0.0998. The van der Waals surface area contributed by atoms with Gasteiger partial charge in [-0.15, -0.1) is 10.2 Å². The lowest BCUT2D eigenvalue weighted by Crippen LogP contribution is -2.11. The first-order valence-electron chi connectivity index (χ1n) is 8.78. The number of halogens is 1. The molecule has 0 unspecified atom stereocenters. The monoisotopic (exact) mass is 425 g/mol. The number of fused-ring (bicyclic) bond motifs is 1. The topological polar surface area (TPSA) is 68.0 Å². The molecule has 0 bridgehead atoms. The van der Waals surface area contributed by atoms with Gasteiger partial charge in [-0.2, -0.15) is 0 Å². The fourth-order valence-corrected chi connectivity index (χ4v) is 4.33. The Bertz CT molecular complexity index is 1190. The van der Waals surface area contributed by atoms with E-state index in [0.29, 0.717) is 21.7 Å². The second-order valence-corrected chi connectivity index (χ2v) is 8.39. The molecule has 0 spiro atoms. The maximum atomic E-state index is 13.4. The van der Waals surface area contributed by atoms with E-state index in [9.17, 15) is 9.18 Å². The summed E-state index contributed by atoms with van der Waals surface area (Å²) in [6.45, 7) is 1.72. The van der Waals surface area contributed by atoms with Gasteiger partial charge in [0.25, 0.3) is 5.91 Å². The van der Waals surface area contributed by atoms with Crippen LogP contribution in [0.3, 0.4) is 0 Å². The first-order valence-corrected chi connectivity index (χ1v) is 10.6. The zero-order valence-corrected chi connectivity index (χ0v) is 17.0. The SMILES string of the molecule is Cc1c(C(=O)Nc2nnc(SC/C=C/c3ccccc3)s2)oc2ccc(F)cc12. The van der Waals surface area contributed by atoms with Crippen molar-refractivity contribution in [2.75, 3.05) is 11.1 Å². The molecule has 4 aromatic rings. The first kappa shape index (κ1) is 19.4. The molecule has 0 saturated carbocycles. The van der Waals surface area contributed by atoms with Crippen molar-refractivity contribution in [1.29, 1.82) is 0 Å². The number of rotatable bonds is 6. The Hall–Kier alpha value is -2.97. The Kier molecular flexibility index (Phi) is 5.73. The van der Waals surface area contributed by atoms with Crippen molar-refractivity contribution in [3.63, 3.8) is 0 Å².